The van der Waals surface area contributed by atoms with Crippen molar-refractivity contribution in [2.45, 2.75) is 219 Å². The Labute approximate surface area is 312 Å². The fraction of sp³-hybridized carbons (Fsp3) is 0.950. The molecule has 10 nitrogen and oxygen atoms in total. The number of hydrogen-bond donors (Lipinski definition) is 3. The summed E-state index contributed by atoms with van der Waals surface area (Å²) in [6.45, 7) is 2.38. The third-order valence-corrected chi connectivity index (χ3v) is 10.2. The second kappa shape index (κ2) is 37.3. The van der Waals surface area contributed by atoms with Crippen LogP contribution in [0.1, 0.15) is 206 Å². The lowest BCUT2D eigenvalue weighted by Gasteiger charge is -2.20. The van der Waals surface area contributed by atoms with Crippen molar-refractivity contribution in [2.24, 2.45) is 0 Å². The van der Waals surface area contributed by atoms with Crippen molar-refractivity contribution < 1.29 is 47.8 Å². The summed E-state index contributed by atoms with van der Waals surface area (Å²) in [5, 5.41) is 18.3. The van der Waals surface area contributed by atoms with E-state index in [4.69, 9.17) is 19.1 Å². The van der Waals surface area contributed by atoms with Gasteiger partial charge in [0.25, 0.3) is 0 Å². The van der Waals surface area contributed by atoms with Crippen molar-refractivity contribution in [1.29, 1.82) is 0 Å². The maximum absolute atomic E-state index is 12.5. The molecule has 0 heterocycles. The fourth-order valence-electron chi connectivity index (χ4n) is 5.99. The van der Waals surface area contributed by atoms with Crippen LogP contribution in [0.2, 0.25) is 0 Å². The summed E-state index contributed by atoms with van der Waals surface area (Å²) >= 11 is 0. The molecule has 0 aliphatic heterocycles. The Morgan fingerprint density at radius 3 is 1.22 bits per heavy atom. The second-order valence-corrected chi connectivity index (χ2v) is 15.8. The van der Waals surface area contributed by atoms with E-state index >= 15 is 0 Å². The molecule has 0 bridgehead atoms. The van der Waals surface area contributed by atoms with E-state index in [0.717, 1.165) is 32.1 Å². The quantitative estimate of drug-likeness (QED) is 0.0314. The van der Waals surface area contributed by atoms with Gasteiger partial charge < -0.3 is 24.6 Å². The molecule has 0 saturated carbocycles. The van der Waals surface area contributed by atoms with Crippen molar-refractivity contribution in [3.05, 3.63) is 0 Å². The number of hydrogen-bond acceptors (Lipinski definition) is 9. The molecule has 0 rings (SSSR count). The zero-order valence-corrected chi connectivity index (χ0v) is 33.7. The minimum absolute atomic E-state index is 0.190. The van der Waals surface area contributed by atoms with E-state index in [0.29, 0.717) is 12.8 Å². The molecule has 0 aromatic heterocycles. The van der Waals surface area contributed by atoms with Gasteiger partial charge in [0.15, 0.2) is 6.10 Å². The van der Waals surface area contributed by atoms with Gasteiger partial charge in [0, 0.05) is 12.8 Å². The molecule has 0 aliphatic carbocycles. The Morgan fingerprint density at radius 1 is 0.510 bits per heavy atom. The highest BCUT2D eigenvalue weighted by molar-refractivity contribution is 7.47. The molecule has 0 saturated heterocycles. The second-order valence-electron chi connectivity index (χ2n) is 14.4. The predicted octanol–water partition coefficient (Wildman–Crippen LogP) is 10.7. The molecule has 0 fully saturated rings. The summed E-state index contributed by atoms with van der Waals surface area (Å²) in [4.78, 5) is 34.8. The molecule has 1 unspecified atom stereocenters. The molecule has 0 aliphatic rings. The van der Waals surface area contributed by atoms with Crippen LogP contribution < -0.4 is 0 Å². The van der Waals surface area contributed by atoms with Crippen LogP contribution in [0.5, 0.6) is 0 Å². The van der Waals surface area contributed by atoms with Crippen LogP contribution >= 0.6 is 7.82 Å². The van der Waals surface area contributed by atoms with Crippen LogP contribution in [0.3, 0.4) is 0 Å². The molecule has 11 heteroatoms. The van der Waals surface area contributed by atoms with Crippen molar-refractivity contribution in [3.63, 3.8) is 0 Å². The molecule has 51 heavy (non-hydrogen) atoms. The number of carbonyl (C=O) groups excluding carboxylic acids is 2. The predicted molar refractivity (Wildman–Crippen MR) is 206 cm³/mol. The van der Waals surface area contributed by atoms with E-state index in [2.05, 4.69) is 18.4 Å². The van der Waals surface area contributed by atoms with Gasteiger partial charge in [-0.05, 0) is 12.8 Å². The Morgan fingerprint density at radius 2 is 0.843 bits per heavy atom. The molecule has 3 N–H and O–H groups in total. The third-order valence-electron chi connectivity index (χ3n) is 9.26. The van der Waals surface area contributed by atoms with Gasteiger partial charge in [-0.2, -0.15) is 0 Å². The highest BCUT2D eigenvalue weighted by Crippen LogP contribution is 2.43. The SMILES string of the molecule is CCCCCCCCCCCCCCCCCCCCCC(=O)OC[C@H](COP(=O)(O)OC[C@@H](O)CO)OC(=O)CCCCCCCCCCC. The summed E-state index contributed by atoms with van der Waals surface area (Å²) in [5.74, 6) is -0.915. The first kappa shape index (κ1) is 50.0. The number of aliphatic hydroxyl groups is 2. The zero-order chi connectivity index (χ0) is 37.7. The highest BCUT2D eigenvalue weighted by atomic mass is 31.2. The van der Waals surface area contributed by atoms with Crippen LogP contribution in [-0.4, -0.2) is 65.7 Å². The van der Waals surface area contributed by atoms with Crippen molar-refractivity contribution in [2.75, 3.05) is 26.4 Å². The van der Waals surface area contributed by atoms with Gasteiger partial charge in [-0.15, -0.1) is 0 Å². The molecule has 304 valence electrons. The summed E-state index contributed by atoms with van der Waals surface area (Å²) in [6.07, 6.45) is 32.3. The van der Waals surface area contributed by atoms with Crippen molar-refractivity contribution in [1.82, 2.24) is 0 Å². The minimum Gasteiger partial charge on any atom is -0.462 e. The van der Waals surface area contributed by atoms with E-state index in [1.165, 1.54) is 135 Å². The number of unbranched alkanes of at least 4 members (excludes halogenated alkanes) is 26. The number of carbonyl (C=O) groups is 2. The standard InChI is InChI=1S/C40H79O10P/c1-3-5-7-9-11-13-14-15-16-17-18-19-20-21-22-24-25-27-29-31-39(43)47-35-38(36-49-51(45,46)48-34-37(42)33-41)50-40(44)32-30-28-26-23-12-10-8-6-4-2/h37-38,41-42H,3-36H2,1-2H3,(H,45,46)/t37-,38+/m0/s1. The van der Waals surface area contributed by atoms with Gasteiger partial charge in [0.05, 0.1) is 19.8 Å². The monoisotopic (exact) mass is 751 g/mol. The van der Waals surface area contributed by atoms with Crippen LogP contribution in [0.15, 0.2) is 0 Å². The average molecular weight is 751 g/mol. The molecule has 0 aromatic rings. The molecule has 0 aromatic carbocycles. The maximum Gasteiger partial charge on any atom is 0.472 e. The summed E-state index contributed by atoms with van der Waals surface area (Å²) in [5.41, 5.74) is 0. The molecular formula is C40H79O10P. The van der Waals surface area contributed by atoms with Crippen molar-refractivity contribution >= 4 is 19.8 Å². The van der Waals surface area contributed by atoms with Gasteiger partial charge in [-0.1, -0.05) is 181 Å². The number of esters is 2. The topological polar surface area (TPSA) is 149 Å². The van der Waals surface area contributed by atoms with Crippen LogP contribution in [-0.2, 0) is 32.7 Å². The van der Waals surface area contributed by atoms with E-state index in [1.54, 1.807) is 0 Å². The maximum atomic E-state index is 12.5. The lowest BCUT2D eigenvalue weighted by molar-refractivity contribution is -0.161. The van der Waals surface area contributed by atoms with Gasteiger partial charge in [0.2, 0.25) is 0 Å². The van der Waals surface area contributed by atoms with Gasteiger partial charge in [-0.25, -0.2) is 4.57 Å². The van der Waals surface area contributed by atoms with Crippen LogP contribution in [0.4, 0.5) is 0 Å². The third kappa shape index (κ3) is 37.1. The Balaban J connectivity index is 4.15. The number of rotatable bonds is 40. The lowest BCUT2D eigenvalue weighted by Crippen LogP contribution is -2.29. The lowest BCUT2D eigenvalue weighted by atomic mass is 10.0. The Kier molecular flexibility index (Phi) is 36.5. The van der Waals surface area contributed by atoms with E-state index in [-0.39, 0.29) is 19.4 Å². The molecule has 3 atom stereocenters. The molecular weight excluding hydrogens is 671 g/mol. The minimum atomic E-state index is -4.60. The Bertz CT molecular complexity index is 827. The zero-order valence-electron chi connectivity index (χ0n) is 32.8. The summed E-state index contributed by atoms with van der Waals surface area (Å²) < 4.78 is 32.6. The molecule has 0 radical (unpaired) electrons. The van der Waals surface area contributed by atoms with E-state index < -0.39 is 51.8 Å². The van der Waals surface area contributed by atoms with Gasteiger partial charge >= 0.3 is 19.8 Å². The highest BCUT2D eigenvalue weighted by Gasteiger charge is 2.27. The fourth-order valence-corrected chi connectivity index (χ4v) is 6.78. The van der Waals surface area contributed by atoms with E-state index in [1.807, 2.05) is 0 Å². The van der Waals surface area contributed by atoms with Gasteiger partial charge in [0.1, 0.15) is 12.7 Å². The largest absolute Gasteiger partial charge is 0.472 e. The number of phosphoric acid groups is 1. The van der Waals surface area contributed by atoms with Gasteiger partial charge in [-0.3, -0.25) is 18.6 Å². The summed E-state index contributed by atoms with van der Waals surface area (Å²) in [6, 6.07) is 0. The average Bonchev–Trinajstić information content (AvgIpc) is 3.12. The first-order chi connectivity index (χ1) is 24.7. The number of phosphoric ester groups is 1. The number of ether oxygens (including phenoxy) is 2. The van der Waals surface area contributed by atoms with E-state index in [9.17, 15) is 24.2 Å². The summed E-state index contributed by atoms with van der Waals surface area (Å²) in [7, 11) is -4.60. The van der Waals surface area contributed by atoms with Crippen LogP contribution in [0.25, 0.3) is 0 Å². The first-order valence-corrected chi connectivity index (χ1v) is 22.5. The molecule has 0 spiro atoms. The Hall–Kier alpha value is -1.03. The molecule has 0 amide bonds. The number of aliphatic hydroxyl groups excluding tert-OH is 2. The normalized spacial score (nSPS) is 13.9. The first-order valence-electron chi connectivity index (χ1n) is 21.0. The van der Waals surface area contributed by atoms with Crippen molar-refractivity contribution in [3.8, 4) is 0 Å². The van der Waals surface area contributed by atoms with Crippen LogP contribution in [0, 0.1) is 0 Å². The smallest absolute Gasteiger partial charge is 0.462 e.